The molecule has 0 aliphatic carbocycles. The van der Waals surface area contributed by atoms with Crippen molar-refractivity contribution in [2.45, 2.75) is 67.2 Å². The first-order valence-corrected chi connectivity index (χ1v) is 8.12. The largest absolute Gasteiger partial charge is 0.378 e. The van der Waals surface area contributed by atoms with Gasteiger partial charge in [-0.05, 0) is 6.42 Å². The minimum absolute atomic E-state index is 0.189. The van der Waals surface area contributed by atoms with Crippen molar-refractivity contribution >= 4 is 5.91 Å². The van der Waals surface area contributed by atoms with E-state index in [1.807, 2.05) is 39.5 Å². The van der Waals surface area contributed by atoms with Gasteiger partial charge in [0, 0.05) is 19.0 Å². The average Bonchev–Trinajstić information content (AvgIpc) is 2.51. The second kappa shape index (κ2) is 15.5. The zero-order valence-electron chi connectivity index (χ0n) is 14.0. The topological polar surface area (TPSA) is 29.5 Å². The van der Waals surface area contributed by atoms with Gasteiger partial charge < -0.3 is 9.64 Å². The molecule has 19 heavy (non-hydrogen) atoms. The van der Waals surface area contributed by atoms with Crippen LogP contribution >= 0.6 is 0 Å². The molecule has 0 N–H and O–H groups in total. The summed E-state index contributed by atoms with van der Waals surface area (Å²) in [5, 5.41) is 0. The van der Waals surface area contributed by atoms with Crippen LogP contribution in [0.2, 0.25) is 0 Å². The Morgan fingerprint density at radius 1 is 1.11 bits per heavy atom. The molecule has 1 unspecified atom stereocenters. The highest BCUT2D eigenvalue weighted by Crippen LogP contribution is 2.13. The summed E-state index contributed by atoms with van der Waals surface area (Å²) in [7, 11) is 0. The van der Waals surface area contributed by atoms with Crippen molar-refractivity contribution in [2.75, 3.05) is 26.3 Å². The van der Waals surface area contributed by atoms with Crippen LogP contribution in [0.15, 0.2) is 0 Å². The van der Waals surface area contributed by atoms with Crippen molar-refractivity contribution in [3.05, 3.63) is 0 Å². The van der Waals surface area contributed by atoms with Crippen molar-refractivity contribution < 1.29 is 9.53 Å². The Hall–Kier alpha value is -0.570. The lowest BCUT2D eigenvalue weighted by Gasteiger charge is -2.29. The molecule has 0 aromatic heterocycles. The van der Waals surface area contributed by atoms with Crippen molar-refractivity contribution in [3.63, 3.8) is 0 Å². The number of carbonyl (C=O) groups excluding carboxylic acids is 1. The van der Waals surface area contributed by atoms with Gasteiger partial charge in [-0.2, -0.15) is 0 Å². The molecule has 0 aromatic carbocycles. The molecule has 1 aliphatic heterocycles. The molecule has 0 aromatic rings. The van der Waals surface area contributed by atoms with Crippen LogP contribution < -0.4 is 0 Å². The Morgan fingerprint density at radius 3 is 2.11 bits per heavy atom. The van der Waals surface area contributed by atoms with E-state index in [9.17, 15) is 4.79 Å². The van der Waals surface area contributed by atoms with Gasteiger partial charge in [-0.25, -0.2) is 0 Å². The smallest absolute Gasteiger partial charge is 0.225 e. The number of ether oxygens (including phenoxy) is 1. The highest BCUT2D eigenvalue weighted by Gasteiger charge is 2.21. The maximum Gasteiger partial charge on any atom is 0.225 e. The Labute approximate surface area is 120 Å². The van der Waals surface area contributed by atoms with Gasteiger partial charge in [-0.15, -0.1) is 0 Å². The monoisotopic (exact) mass is 273 g/mol. The van der Waals surface area contributed by atoms with E-state index in [-0.39, 0.29) is 5.92 Å². The van der Waals surface area contributed by atoms with Crippen LogP contribution in [0, 0.1) is 5.92 Å². The van der Waals surface area contributed by atoms with Crippen LogP contribution in [-0.2, 0) is 9.53 Å². The van der Waals surface area contributed by atoms with Crippen molar-refractivity contribution in [1.29, 1.82) is 0 Å². The molecule has 3 nitrogen and oxygen atoms in total. The summed E-state index contributed by atoms with van der Waals surface area (Å²) in [6.45, 7) is 15.2. The van der Waals surface area contributed by atoms with Crippen LogP contribution in [0.5, 0.6) is 0 Å². The third kappa shape index (κ3) is 9.94. The van der Waals surface area contributed by atoms with Gasteiger partial charge in [-0.3, -0.25) is 4.79 Å². The first kappa shape index (κ1) is 20.7. The minimum atomic E-state index is 0.189. The Kier molecular flexibility index (Phi) is 16.9. The van der Waals surface area contributed by atoms with E-state index in [2.05, 4.69) is 6.92 Å². The molecule has 1 aliphatic rings. The second-order valence-electron chi connectivity index (χ2n) is 4.33. The summed E-state index contributed by atoms with van der Waals surface area (Å²) in [4.78, 5) is 13.9. The molecular weight excluding hydrogens is 238 g/mol. The fraction of sp³-hybridized carbons (Fsp3) is 0.938. The van der Waals surface area contributed by atoms with Crippen LogP contribution in [0.3, 0.4) is 0 Å². The number of unbranched alkanes of at least 4 members (excludes halogenated alkanes) is 2. The maximum absolute atomic E-state index is 12.0. The molecule has 0 spiro atoms. The molecule has 1 atom stereocenters. The predicted octanol–water partition coefficient (Wildman–Crippen LogP) is 4.11. The number of hydrogen-bond donors (Lipinski definition) is 0. The molecule has 1 rings (SSSR count). The molecule has 1 amide bonds. The van der Waals surface area contributed by atoms with Crippen molar-refractivity contribution in [3.8, 4) is 0 Å². The second-order valence-corrected chi connectivity index (χ2v) is 4.33. The Bertz CT molecular complexity index is 189. The van der Waals surface area contributed by atoms with Crippen LogP contribution in [-0.4, -0.2) is 37.1 Å². The Morgan fingerprint density at radius 2 is 1.63 bits per heavy atom. The highest BCUT2D eigenvalue weighted by atomic mass is 16.5. The molecule has 1 saturated heterocycles. The lowest BCUT2D eigenvalue weighted by atomic mass is 10.0. The van der Waals surface area contributed by atoms with Gasteiger partial charge in [0.1, 0.15) is 0 Å². The number of carbonyl (C=O) groups is 1. The van der Waals surface area contributed by atoms with Crippen LogP contribution in [0.25, 0.3) is 0 Å². The van der Waals surface area contributed by atoms with Crippen molar-refractivity contribution in [2.24, 2.45) is 5.92 Å². The van der Waals surface area contributed by atoms with E-state index in [1.165, 1.54) is 19.3 Å². The summed E-state index contributed by atoms with van der Waals surface area (Å²) >= 11 is 0. The number of morpholine rings is 1. The van der Waals surface area contributed by atoms with Crippen LogP contribution in [0.4, 0.5) is 0 Å². The highest BCUT2D eigenvalue weighted by molar-refractivity contribution is 5.78. The van der Waals surface area contributed by atoms with E-state index in [4.69, 9.17) is 4.74 Å². The fourth-order valence-electron chi connectivity index (χ4n) is 1.92. The van der Waals surface area contributed by atoms with Crippen molar-refractivity contribution in [1.82, 2.24) is 4.90 Å². The third-order valence-corrected chi connectivity index (χ3v) is 2.99. The van der Waals surface area contributed by atoms with E-state index in [0.717, 1.165) is 19.5 Å². The SMILES string of the molecule is CC.CC.CCCCCC(C)C(=O)N1CCOCC1. The average molecular weight is 273 g/mol. The van der Waals surface area contributed by atoms with Gasteiger partial charge in [0.05, 0.1) is 13.2 Å². The zero-order valence-corrected chi connectivity index (χ0v) is 14.0. The molecular formula is C16H35NO2. The van der Waals surface area contributed by atoms with Gasteiger partial charge in [0.25, 0.3) is 0 Å². The van der Waals surface area contributed by atoms with E-state index in [0.29, 0.717) is 19.1 Å². The fourth-order valence-corrected chi connectivity index (χ4v) is 1.92. The molecule has 1 fully saturated rings. The summed E-state index contributed by atoms with van der Waals surface area (Å²) in [6, 6.07) is 0. The molecule has 0 saturated carbocycles. The number of rotatable bonds is 5. The van der Waals surface area contributed by atoms with Gasteiger partial charge in [-0.1, -0.05) is 60.8 Å². The quantitative estimate of drug-likeness (QED) is 0.705. The molecule has 0 radical (unpaired) electrons. The normalized spacial score (nSPS) is 15.6. The first-order chi connectivity index (χ1) is 9.25. The summed E-state index contributed by atoms with van der Waals surface area (Å²) in [5.41, 5.74) is 0. The maximum atomic E-state index is 12.0. The molecule has 1 heterocycles. The standard InChI is InChI=1S/C12H23NO2.2C2H6/c1-3-4-5-6-11(2)12(14)13-7-9-15-10-8-13;2*1-2/h11H,3-10H2,1-2H3;2*1-2H3. The van der Waals surface area contributed by atoms with E-state index >= 15 is 0 Å². The van der Waals surface area contributed by atoms with Gasteiger partial charge in [0.15, 0.2) is 0 Å². The molecule has 0 bridgehead atoms. The van der Waals surface area contributed by atoms with Crippen LogP contribution in [0.1, 0.15) is 67.2 Å². The molecule has 3 heteroatoms. The lowest BCUT2D eigenvalue weighted by molar-refractivity contribution is -0.139. The Balaban J connectivity index is 0. The number of hydrogen-bond acceptors (Lipinski definition) is 2. The minimum Gasteiger partial charge on any atom is -0.378 e. The van der Waals surface area contributed by atoms with Gasteiger partial charge in [0.2, 0.25) is 5.91 Å². The number of amides is 1. The summed E-state index contributed by atoms with van der Waals surface area (Å²) in [5.74, 6) is 0.504. The third-order valence-electron chi connectivity index (χ3n) is 2.99. The predicted molar refractivity (Wildman–Crippen MR) is 83.4 cm³/mol. The van der Waals surface area contributed by atoms with E-state index < -0.39 is 0 Å². The summed E-state index contributed by atoms with van der Waals surface area (Å²) < 4.78 is 5.23. The number of nitrogens with zero attached hydrogens (tertiary/aromatic N) is 1. The first-order valence-electron chi connectivity index (χ1n) is 8.12. The zero-order chi connectivity index (χ0) is 15.1. The summed E-state index contributed by atoms with van der Waals surface area (Å²) in [6.07, 6.45) is 4.66. The molecule has 116 valence electrons. The van der Waals surface area contributed by atoms with E-state index in [1.54, 1.807) is 0 Å². The lowest BCUT2D eigenvalue weighted by Crippen LogP contribution is -2.43. The van der Waals surface area contributed by atoms with Gasteiger partial charge >= 0.3 is 0 Å².